The minimum Gasteiger partial charge on any atom is -0.480 e. The second-order valence-electron chi connectivity index (χ2n) is 5.01. The molecule has 0 unspecified atom stereocenters. The monoisotopic (exact) mass is 330 g/mol. The molecule has 1 amide bonds. The zero-order chi connectivity index (χ0) is 28.6. The van der Waals surface area contributed by atoms with Crippen molar-refractivity contribution >= 4 is 11.9 Å². The van der Waals surface area contributed by atoms with Gasteiger partial charge in [0.05, 0.1) is 0 Å². The minimum absolute atomic E-state index is 0.238. The van der Waals surface area contributed by atoms with Gasteiger partial charge in [-0.05, 0) is 42.8 Å². The Bertz CT molecular complexity index is 1010. The molecular formula is C19H27NO3. The third kappa shape index (κ3) is 5.08. The van der Waals surface area contributed by atoms with Gasteiger partial charge in [0.2, 0.25) is 5.91 Å². The van der Waals surface area contributed by atoms with E-state index >= 15 is 0 Å². The maximum Gasteiger partial charge on any atom is 0.326 e. The van der Waals surface area contributed by atoms with Crippen LogP contribution in [0.3, 0.4) is 0 Å². The smallest absolute Gasteiger partial charge is 0.326 e. The molecule has 1 aromatic rings. The predicted octanol–water partition coefficient (Wildman–Crippen LogP) is 3.26. The summed E-state index contributed by atoms with van der Waals surface area (Å²) in [6.45, 7) is 1.74. The lowest BCUT2D eigenvalue weighted by molar-refractivity contribution is -0.142. The van der Waals surface area contributed by atoms with Gasteiger partial charge >= 0.3 is 5.97 Å². The van der Waals surface area contributed by atoms with Crippen LogP contribution in [0.4, 0.5) is 0 Å². The van der Waals surface area contributed by atoms with Crippen molar-refractivity contribution in [1.29, 1.82) is 0 Å². The number of hydrogen-bond acceptors (Lipinski definition) is 2. The van der Waals surface area contributed by atoms with Crippen LogP contribution in [0, 0.1) is 17.7 Å². The first kappa shape index (κ1) is 6.96. The molecule has 1 fully saturated rings. The van der Waals surface area contributed by atoms with Gasteiger partial charge in [-0.15, -0.1) is 0 Å². The molecule has 0 spiro atoms. The van der Waals surface area contributed by atoms with Gasteiger partial charge in [-0.1, -0.05) is 44.2 Å². The molecule has 1 aromatic carbocycles. The van der Waals surface area contributed by atoms with Gasteiger partial charge in [-0.3, -0.25) is 4.79 Å². The third-order valence-corrected chi connectivity index (χ3v) is 2.96. The Kier molecular flexibility index (Phi) is 2.46. The molecule has 4 heteroatoms. The molecule has 0 aliphatic heterocycles. The molecule has 1 aliphatic carbocycles. The molecule has 23 heavy (non-hydrogen) atoms. The first-order valence-corrected chi connectivity index (χ1v) is 6.91. The minimum atomic E-state index is -4.07. The SMILES string of the molecule is [2H]C([2H])(c1ccccc1)[C@@H](NC(=O)C1([2H])C([2H])([2H])C([2H])([2H])C([2H])(C([2H])(C)C)C([2H])([2H])C1([2H])[2H])C(=O)O. The number of amides is 1. The van der Waals surface area contributed by atoms with Gasteiger partial charge in [-0.25, -0.2) is 4.79 Å². The summed E-state index contributed by atoms with van der Waals surface area (Å²) in [6.07, 6.45) is -18.6. The van der Waals surface area contributed by atoms with E-state index in [0.29, 0.717) is 0 Å². The summed E-state index contributed by atoms with van der Waals surface area (Å²) in [7, 11) is 0. The quantitative estimate of drug-likeness (QED) is 0.841. The summed E-state index contributed by atoms with van der Waals surface area (Å²) in [6, 6.07) is 4.12. The number of carboxylic acids is 1. The average Bonchev–Trinajstić information content (AvgIpc) is 2.73. The molecule has 0 saturated heterocycles. The van der Waals surface area contributed by atoms with E-state index in [0.717, 1.165) is 13.8 Å². The Morgan fingerprint density at radius 2 is 1.96 bits per heavy atom. The molecule has 0 bridgehead atoms. The van der Waals surface area contributed by atoms with Crippen LogP contribution in [-0.2, 0) is 16.0 Å². The summed E-state index contributed by atoms with van der Waals surface area (Å²) >= 11 is 0. The van der Waals surface area contributed by atoms with E-state index in [1.54, 1.807) is 5.32 Å². The molecule has 126 valence electrons. The van der Waals surface area contributed by atoms with Crippen molar-refractivity contribution in [1.82, 2.24) is 5.32 Å². The summed E-state index contributed by atoms with van der Waals surface area (Å²) in [5.74, 6) is -14.2. The Balaban J connectivity index is 2.77. The zero-order valence-corrected chi connectivity index (χ0v) is 12.7. The maximum absolute atomic E-state index is 13.3. The van der Waals surface area contributed by atoms with Crippen LogP contribution < -0.4 is 5.32 Å². The highest BCUT2D eigenvalue weighted by molar-refractivity contribution is 5.85. The molecule has 0 radical (unpaired) electrons. The lowest BCUT2D eigenvalue weighted by atomic mass is 9.76. The van der Waals surface area contributed by atoms with E-state index in [1.807, 2.05) is 0 Å². The van der Waals surface area contributed by atoms with Gasteiger partial charge in [0.1, 0.15) is 6.04 Å². The molecule has 0 heterocycles. The second kappa shape index (κ2) is 8.14. The number of hydrogen-bond donors (Lipinski definition) is 2. The zero-order valence-electron chi connectivity index (χ0n) is 25.7. The number of benzene rings is 1. The van der Waals surface area contributed by atoms with E-state index < -0.39 is 67.5 Å². The maximum atomic E-state index is 13.3. The van der Waals surface area contributed by atoms with Crippen LogP contribution in [0.25, 0.3) is 0 Å². The lowest BCUT2D eigenvalue weighted by Gasteiger charge is -2.30. The van der Waals surface area contributed by atoms with Crippen LogP contribution in [-0.4, -0.2) is 23.0 Å². The average molecular weight is 331 g/mol. The fraction of sp³-hybridized carbons (Fsp3) is 0.579. The highest BCUT2D eigenvalue weighted by Gasteiger charge is 2.30. The Morgan fingerprint density at radius 3 is 2.48 bits per heavy atom. The van der Waals surface area contributed by atoms with Crippen LogP contribution in [0.2, 0.25) is 0 Å². The van der Waals surface area contributed by atoms with Gasteiger partial charge in [0.15, 0.2) is 0 Å². The molecule has 2 rings (SSSR count). The second-order valence-corrected chi connectivity index (χ2v) is 5.01. The van der Waals surface area contributed by atoms with E-state index in [9.17, 15) is 14.7 Å². The number of carboxylic acid groups (broad SMARTS) is 1. The fourth-order valence-corrected chi connectivity index (χ4v) is 1.74. The first-order valence-electron chi connectivity index (χ1n) is 13.4. The topological polar surface area (TPSA) is 66.4 Å². The lowest BCUT2D eigenvalue weighted by Crippen LogP contribution is -2.45. The van der Waals surface area contributed by atoms with Crippen molar-refractivity contribution in [2.24, 2.45) is 17.7 Å². The van der Waals surface area contributed by atoms with E-state index in [-0.39, 0.29) is 5.56 Å². The molecule has 4 nitrogen and oxygen atoms in total. The van der Waals surface area contributed by atoms with Crippen molar-refractivity contribution in [3.63, 3.8) is 0 Å². The Morgan fingerprint density at radius 1 is 1.35 bits per heavy atom. The predicted molar refractivity (Wildman–Crippen MR) is 90.0 cm³/mol. The Hall–Kier alpha value is -1.84. The highest BCUT2D eigenvalue weighted by atomic mass is 16.4. The molecular weight excluding hydrogens is 290 g/mol. The van der Waals surface area contributed by atoms with Crippen LogP contribution in [0.1, 0.15) is 62.7 Å². The van der Waals surface area contributed by atoms with Crippen LogP contribution in [0.15, 0.2) is 30.3 Å². The van der Waals surface area contributed by atoms with Gasteiger partial charge in [0.25, 0.3) is 0 Å². The largest absolute Gasteiger partial charge is 0.480 e. The van der Waals surface area contributed by atoms with E-state index in [2.05, 4.69) is 0 Å². The van der Waals surface area contributed by atoms with E-state index in [4.69, 9.17) is 17.8 Å². The van der Waals surface area contributed by atoms with Crippen molar-refractivity contribution in [2.45, 2.75) is 51.8 Å². The normalized spacial score (nSPS) is 47.1. The molecule has 0 aromatic heterocycles. The van der Waals surface area contributed by atoms with Gasteiger partial charge < -0.3 is 10.4 Å². The molecule has 1 aliphatic rings. The highest BCUT2D eigenvalue weighted by Crippen LogP contribution is 2.33. The molecule has 2 N–H and O–H groups in total. The van der Waals surface area contributed by atoms with Crippen LogP contribution >= 0.6 is 0 Å². The van der Waals surface area contributed by atoms with Crippen LogP contribution in [0.5, 0.6) is 0 Å². The summed E-state index contributed by atoms with van der Waals surface area (Å²) in [4.78, 5) is 25.3. The number of rotatable bonds is 6. The van der Waals surface area contributed by atoms with Crippen molar-refractivity contribution in [3.05, 3.63) is 35.9 Å². The Labute approximate surface area is 156 Å². The number of carbonyl (C=O) groups excluding carboxylic acids is 1. The summed E-state index contributed by atoms with van der Waals surface area (Å²) < 4.78 is 108. The fourth-order valence-electron chi connectivity index (χ4n) is 1.74. The summed E-state index contributed by atoms with van der Waals surface area (Å²) in [5, 5.41) is 11.2. The number of aliphatic carboxylic acids is 1. The van der Waals surface area contributed by atoms with Gasteiger partial charge in [0, 0.05) is 30.1 Å². The summed E-state index contributed by atoms with van der Waals surface area (Å²) in [5.41, 5.74) is -0.238. The van der Waals surface area contributed by atoms with E-state index in [1.165, 1.54) is 30.3 Å². The molecule has 1 atom stereocenters. The molecule has 1 saturated carbocycles. The third-order valence-electron chi connectivity index (χ3n) is 2.96. The number of nitrogens with one attached hydrogen (secondary N) is 1. The van der Waals surface area contributed by atoms with Crippen molar-refractivity contribution in [3.8, 4) is 0 Å². The van der Waals surface area contributed by atoms with Gasteiger partial charge in [-0.2, -0.15) is 0 Å². The first-order chi connectivity index (χ1) is 15.8. The number of carbonyl (C=O) groups is 2. The standard InChI is InChI=1S/C19H27NO3/c1-13(2)15-8-10-16(11-9-15)18(21)20-17(19(22)23)12-14-6-4-3-5-7-14/h3-7,13,15-17H,8-12H2,1-2H3,(H,20,21)(H,22,23)/t15?,16?,17-/m1/s1/i8D2,9D2,10D2,11D2,12D2,13D,15D,16D. The van der Waals surface area contributed by atoms with Crippen molar-refractivity contribution < 1.29 is 32.5 Å². The van der Waals surface area contributed by atoms with Crippen molar-refractivity contribution in [2.75, 3.05) is 0 Å².